The minimum Gasteiger partial charge on any atom is -0.443 e. The minimum atomic E-state index is -0.542. The predicted octanol–water partition coefficient (Wildman–Crippen LogP) is 4.45. The van der Waals surface area contributed by atoms with Gasteiger partial charge in [0.15, 0.2) is 0 Å². The number of anilines is 1. The molecule has 1 atom stereocenters. The van der Waals surface area contributed by atoms with Gasteiger partial charge in [-0.2, -0.15) is 0 Å². The Balaban J connectivity index is 1.82. The first kappa shape index (κ1) is 19.6. The lowest BCUT2D eigenvalue weighted by Crippen LogP contribution is -2.43. The van der Waals surface area contributed by atoms with Gasteiger partial charge in [-0.3, -0.25) is 9.69 Å². The number of pyridine rings is 1. The van der Waals surface area contributed by atoms with Crippen LogP contribution in [-0.2, 0) is 9.53 Å². The van der Waals surface area contributed by atoms with Gasteiger partial charge in [0.25, 0.3) is 0 Å². The Morgan fingerprint density at radius 1 is 1.15 bits per heavy atom. The summed E-state index contributed by atoms with van der Waals surface area (Å²) in [5, 5.41) is 0. The van der Waals surface area contributed by atoms with Crippen molar-refractivity contribution < 1.29 is 14.3 Å². The van der Waals surface area contributed by atoms with Crippen molar-refractivity contribution in [2.24, 2.45) is 0 Å². The fourth-order valence-corrected chi connectivity index (χ4v) is 4.13. The molecule has 2 fully saturated rings. The van der Waals surface area contributed by atoms with E-state index in [2.05, 4.69) is 4.98 Å². The minimum absolute atomic E-state index is 0.0884. The fraction of sp³-hybridized carbons (Fsp3) is 0.667. The van der Waals surface area contributed by atoms with Crippen LogP contribution in [0.2, 0.25) is 0 Å². The highest BCUT2D eigenvalue weighted by Crippen LogP contribution is 2.33. The van der Waals surface area contributed by atoms with Crippen LogP contribution < -0.4 is 4.90 Å². The van der Waals surface area contributed by atoms with Gasteiger partial charge >= 0.3 is 6.09 Å². The van der Waals surface area contributed by atoms with E-state index in [0.717, 1.165) is 50.6 Å². The first-order valence-electron chi connectivity index (χ1n) is 10.0. The molecule has 6 nitrogen and oxygen atoms in total. The number of rotatable bonds is 3. The van der Waals surface area contributed by atoms with Crippen LogP contribution in [0, 0.1) is 0 Å². The van der Waals surface area contributed by atoms with Crippen molar-refractivity contribution in [1.29, 1.82) is 0 Å². The molecule has 0 radical (unpaired) electrons. The van der Waals surface area contributed by atoms with Crippen molar-refractivity contribution in [2.45, 2.75) is 83.9 Å². The Labute approximate surface area is 161 Å². The van der Waals surface area contributed by atoms with Gasteiger partial charge in [-0.15, -0.1) is 0 Å². The van der Waals surface area contributed by atoms with E-state index in [-0.39, 0.29) is 24.1 Å². The molecule has 0 N–H and O–H groups in total. The molecule has 6 heteroatoms. The van der Waals surface area contributed by atoms with E-state index in [1.54, 1.807) is 11.8 Å². The van der Waals surface area contributed by atoms with E-state index in [4.69, 9.17) is 4.74 Å². The maximum absolute atomic E-state index is 12.8. The molecule has 148 valence electrons. The molecule has 3 rings (SSSR count). The zero-order valence-corrected chi connectivity index (χ0v) is 16.9. The Morgan fingerprint density at radius 2 is 1.85 bits per heavy atom. The van der Waals surface area contributed by atoms with E-state index in [0.29, 0.717) is 5.82 Å². The average molecular weight is 373 g/mol. The topological polar surface area (TPSA) is 62.7 Å². The van der Waals surface area contributed by atoms with Crippen LogP contribution in [0.1, 0.15) is 77.8 Å². The summed E-state index contributed by atoms with van der Waals surface area (Å²) in [4.78, 5) is 32.9. The largest absolute Gasteiger partial charge is 0.443 e. The summed E-state index contributed by atoms with van der Waals surface area (Å²) >= 11 is 0. The summed E-state index contributed by atoms with van der Waals surface area (Å²) in [5.74, 6) is 0.732. The van der Waals surface area contributed by atoms with Crippen molar-refractivity contribution in [3.63, 3.8) is 0 Å². The summed E-state index contributed by atoms with van der Waals surface area (Å²) in [5.41, 5.74) is 0.488. The molecule has 1 aliphatic heterocycles. The average Bonchev–Trinajstić information content (AvgIpc) is 3.25. The molecule has 2 amide bonds. The highest BCUT2D eigenvalue weighted by atomic mass is 16.6. The van der Waals surface area contributed by atoms with Gasteiger partial charge in [-0.1, -0.05) is 18.9 Å². The summed E-state index contributed by atoms with van der Waals surface area (Å²) in [7, 11) is 0. The number of carbonyl (C=O) groups excluding carboxylic acids is 2. The molecule has 1 saturated carbocycles. The first-order chi connectivity index (χ1) is 12.8. The number of aromatic nitrogens is 1. The lowest BCUT2D eigenvalue weighted by atomic mass is 10.1. The summed E-state index contributed by atoms with van der Waals surface area (Å²) in [6.07, 6.45) is 7.65. The van der Waals surface area contributed by atoms with E-state index < -0.39 is 5.60 Å². The van der Waals surface area contributed by atoms with E-state index in [1.165, 1.54) is 0 Å². The quantitative estimate of drug-likeness (QED) is 0.785. The second-order valence-corrected chi connectivity index (χ2v) is 8.61. The highest BCUT2D eigenvalue weighted by Gasteiger charge is 2.33. The van der Waals surface area contributed by atoms with Gasteiger partial charge in [0.05, 0.1) is 6.04 Å². The monoisotopic (exact) mass is 373 g/mol. The first-order valence-corrected chi connectivity index (χ1v) is 10.0. The van der Waals surface area contributed by atoms with Crippen molar-refractivity contribution in [2.75, 3.05) is 11.4 Å². The number of hydrogen-bond donors (Lipinski definition) is 0. The molecule has 27 heavy (non-hydrogen) atoms. The molecule has 0 bridgehead atoms. The van der Waals surface area contributed by atoms with Crippen LogP contribution >= 0.6 is 0 Å². The third-order valence-electron chi connectivity index (χ3n) is 5.34. The molecule has 2 aliphatic rings. The fourth-order valence-electron chi connectivity index (χ4n) is 4.13. The Morgan fingerprint density at radius 3 is 2.41 bits per heavy atom. The van der Waals surface area contributed by atoms with Crippen molar-refractivity contribution in [3.8, 4) is 0 Å². The van der Waals surface area contributed by atoms with Crippen molar-refractivity contribution in [3.05, 3.63) is 23.9 Å². The standard InChI is InChI=1S/C21H31N3O3/c1-15(25)23-13-7-10-18(23)16-11-12-19(22-14-16)24(17-8-5-6-9-17)20(26)27-21(2,3)4/h11-12,14,17-18H,5-10,13H2,1-4H3/t18-/m1/s1. The maximum atomic E-state index is 12.8. The number of nitrogens with zero attached hydrogens (tertiary/aromatic N) is 3. The Bertz CT molecular complexity index is 675. The Kier molecular flexibility index (Phi) is 5.72. The van der Waals surface area contributed by atoms with Gasteiger partial charge in [0, 0.05) is 25.7 Å². The smallest absolute Gasteiger partial charge is 0.416 e. The summed E-state index contributed by atoms with van der Waals surface area (Å²) in [6.45, 7) is 8.05. The molecule has 0 unspecified atom stereocenters. The van der Waals surface area contributed by atoms with Crippen LogP contribution in [0.5, 0.6) is 0 Å². The SMILES string of the molecule is CC(=O)N1CCC[C@@H]1c1ccc(N(C(=O)OC(C)(C)C)C2CCCC2)nc1. The van der Waals surface area contributed by atoms with Crippen LogP contribution in [0.3, 0.4) is 0 Å². The Hall–Kier alpha value is -2.11. The third-order valence-corrected chi connectivity index (χ3v) is 5.34. The number of carbonyl (C=O) groups is 2. The van der Waals surface area contributed by atoms with Crippen molar-refractivity contribution in [1.82, 2.24) is 9.88 Å². The van der Waals surface area contributed by atoms with Crippen molar-refractivity contribution >= 4 is 17.8 Å². The number of amides is 2. The summed E-state index contributed by atoms with van der Waals surface area (Å²) < 4.78 is 5.64. The molecule has 2 heterocycles. The predicted molar refractivity (Wildman–Crippen MR) is 105 cm³/mol. The second-order valence-electron chi connectivity index (χ2n) is 8.61. The highest BCUT2D eigenvalue weighted by molar-refractivity contribution is 5.87. The molecule has 0 aromatic carbocycles. The van der Waals surface area contributed by atoms with Gasteiger partial charge in [-0.05, 0) is 58.1 Å². The van der Waals surface area contributed by atoms with E-state index >= 15 is 0 Å². The van der Waals surface area contributed by atoms with Gasteiger partial charge in [0.1, 0.15) is 11.4 Å². The number of ether oxygens (including phenoxy) is 1. The van der Waals surface area contributed by atoms with E-state index in [1.807, 2.05) is 44.0 Å². The van der Waals surface area contributed by atoms with Gasteiger partial charge in [0.2, 0.25) is 5.91 Å². The number of hydrogen-bond acceptors (Lipinski definition) is 4. The molecule has 1 saturated heterocycles. The lowest BCUT2D eigenvalue weighted by Gasteiger charge is -2.31. The second kappa shape index (κ2) is 7.87. The molecule has 1 aromatic heterocycles. The van der Waals surface area contributed by atoms with Crippen LogP contribution in [0.4, 0.5) is 10.6 Å². The van der Waals surface area contributed by atoms with Crippen LogP contribution in [0.25, 0.3) is 0 Å². The third kappa shape index (κ3) is 4.60. The lowest BCUT2D eigenvalue weighted by molar-refractivity contribution is -0.129. The number of likely N-dealkylation sites (tertiary alicyclic amines) is 1. The molecule has 0 spiro atoms. The van der Waals surface area contributed by atoms with Crippen LogP contribution in [-0.4, -0.2) is 40.1 Å². The zero-order valence-electron chi connectivity index (χ0n) is 16.9. The molecular formula is C21H31N3O3. The molecular weight excluding hydrogens is 342 g/mol. The van der Waals surface area contributed by atoms with Gasteiger partial charge in [-0.25, -0.2) is 9.78 Å². The maximum Gasteiger partial charge on any atom is 0.416 e. The zero-order chi connectivity index (χ0) is 19.6. The molecule has 1 aliphatic carbocycles. The molecule has 1 aromatic rings. The van der Waals surface area contributed by atoms with Gasteiger partial charge < -0.3 is 9.64 Å². The van der Waals surface area contributed by atoms with Crippen LogP contribution in [0.15, 0.2) is 18.3 Å². The normalized spacial score (nSPS) is 20.7. The van der Waals surface area contributed by atoms with E-state index in [9.17, 15) is 9.59 Å². The summed E-state index contributed by atoms with van der Waals surface area (Å²) in [6, 6.07) is 4.12.